The number of benzene rings is 1. The third-order valence-corrected chi connectivity index (χ3v) is 2.24. The van der Waals surface area contributed by atoms with Gasteiger partial charge in [0.2, 0.25) is 0 Å². The molecular formula is C11H10N2O5. The summed E-state index contributed by atoms with van der Waals surface area (Å²) in [6, 6.07) is 4.11. The highest BCUT2D eigenvalue weighted by atomic mass is 16.6. The third-order valence-electron chi connectivity index (χ3n) is 2.24. The number of hydrogen-bond donors (Lipinski definition) is 1. The van der Waals surface area contributed by atoms with Crippen LogP contribution in [0.3, 0.4) is 0 Å². The Kier molecular flexibility index (Phi) is 4.34. The summed E-state index contributed by atoms with van der Waals surface area (Å²) in [5.74, 6) is -0.858. The first-order valence-electron chi connectivity index (χ1n) is 5.05. The highest BCUT2D eigenvalue weighted by Crippen LogP contribution is 2.27. The lowest BCUT2D eigenvalue weighted by Gasteiger charge is -2.07. The van der Waals surface area contributed by atoms with E-state index < -0.39 is 23.2 Å². The summed E-state index contributed by atoms with van der Waals surface area (Å²) in [4.78, 5) is 21.7. The molecule has 1 aromatic carbocycles. The largest absolute Gasteiger partial charge is 0.462 e. The molecule has 0 heterocycles. The molecule has 7 nitrogen and oxygen atoms in total. The van der Waals surface area contributed by atoms with E-state index >= 15 is 0 Å². The fourth-order valence-corrected chi connectivity index (χ4v) is 1.48. The predicted octanol–water partition coefficient (Wildman–Crippen LogP) is 1.14. The van der Waals surface area contributed by atoms with Crippen molar-refractivity contribution in [2.45, 2.75) is 13.5 Å². The van der Waals surface area contributed by atoms with Crippen LogP contribution < -0.4 is 0 Å². The van der Waals surface area contributed by atoms with Crippen LogP contribution in [0.2, 0.25) is 0 Å². The molecule has 0 fully saturated rings. The van der Waals surface area contributed by atoms with Crippen LogP contribution in [0.5, 0.6) is 0 Å². The van der Waals surface area contributed by atoms with Gasteiger partial charge < -0.3 is 9.84 Å². The van der Waals surface area contributed by atoms with Crippen molar-refractivity contribution < 1.29 is 19.6 Å². The van der Waals surface area contributed by atoms with Gasteiger partial charge in [0.25, 0.3) is 5.69 Å². The van der Waals surface area contributed by atoms with Crippen molar-refractivity contribution in [3.63, 3.8) is 0 Å². The van der Waals surface area contributed by atoms with Gasteiger partial charge >= 0.3 is 5.97 Å². The second-order valence-corrected chi connectivity index (χ2v) is 3.24. The average Bonchev–Trinajstić information content (AvgIpc) is 2.36. The van der Waals surface area contributed by atoms with E-state index in [0.717, 1.165) is 6.07 Å². The Morgan fingerprint density at radius 3 is 2.72 bits per heavy atom. The van der Waals surface area contributed by atoms with Gasteiger partial charge in [0.15, 0.2) is 0 Å². The summed E-state index contributed by atoms with van der Waals surface area (Å²) in [6.07, 6.45) is 0. The van der Waals surface area contributed by atoms with Gasteiger partial charge in [0, 0.05) is 0 Å². The van der Waals surface area contributed by atoms with Gasteiger partial charge in [0.1, 0.15) is 5.56 Å². The van der Waals surface area contributed by atoms with Crippen molar-refractivity contribution in [3.8, 4) is 6.07 Å². The van der Waals surface area contributed by atoms with Crippen molar-refractivity contribution in [1.29, 1.82) is 5.26 Å². The van der Waals surface area contributed by atoms with Crippen molar-refractivity contribution in [3.05, 3.63) is 38.9 Å². The number of carbonyl (C=O) groups excluding carboxylic acids is 1. The predicted molar refractivity (Wildman–Crippen MR) is 59.7 cm³/mol. The number of aliphatic hydroxyl groups excluding tert-OH is 1. The maximum Gasteiger partial charge on any atom is 0.345 e. The molecule has 0 bridgehead atoms. The van der Waals surface area contributed by atoms with Gasteiger partial charge in [0.05, 0.1) is 35.3 Å². The van der Waals surface area contributed by atoms with Gasteiger partial charge in [-0.25, -0.2) is 4.79 Å². The van der Waals surface area contributed by atoms with Crippen LogP contribution in [0.4, 0.5) is 5.69 Å². The van der Waals surface area contributed by atoms with Crippen LogP contribution in [-0.4, -0.2) is 22.6 Å². The number of ether oxygens (including phenoxy) is 1. The average molecular weight is 250 g/mol. The van der Waals surface area contributed by atoms with Gasteiger partial charge in [-0.15, -0.1) is 0 Å². The quantitative estimate of drug-likeness (QED) is 0.486. The number of nitrogens with zero attached hydrogens (tertiary/aromatic N) is 2. The minimum absolute atomic E-state index is 0.0442. The van der Waals surface area contributed by atoms with Gasteiger partial charge in [-0.05, 0) is 19.1 Å². The van der Waals surface area contributed by atoms with E-state index in [-0.39, 0.29) is 23.3 Å². The lowest BCUT2D eigenvalue weighted by atomic mass is 10.0. The van der Waals surface area contributed by atoms with Crippen LogP contribution in [0.15, 0.2) is 12.1 Å². The van der Waals surface area contributed by atoms with E-state index in [2.05, 4.69) is 4.74 Å². The monoisotopic (exact) mass is 250 g/mol. The first-order chi connectivity index (χ1) is 8.56. The first-order valence-corrected chi connectivity index (χ1v) is 5.05. The minimum Gasteiger partial charge on any atom is -0.462 e. The Morgan fingerprint density at radius 2 is 2.28 bits per heavy atom. The molecule has 0 amide bonds. The van der Waals surface area contributed by atoms with Gasteiger partial charge in [-0.3, -0.25) is 10.1 Å². The fourth-order valence-electron chi connectivity index (χ4n) is 1.48. The number of aliphatic hydroxyl groups is 1. The van der Waals surface area contributed by atoms with Crippen LogP contribution in [0, 0.1) is 21.4 Å². The summed E-state index contributed by atoms with van der Waals surface area (Å²) in [5, 5.41) is 28.9. The number of nitriles is 1. The standard InChI is InChI=1S/C11H10N2O5/c1-2-18-11(15)8-4-3-7(5-12)9(6-14)10(8)13(16)17/h3-4,14H,2,6H2,1H3. The second kappa shape index (κ2) is 5.75. The lowest BCUT2D eigenvalue weighted by Crippen LogP contribution is -2.11. The highest BCUT2D eigenvalue weighted by Gasteiger charge is 2.27. The molecule has 1 aromatic rings. The van der Waals surface area contributed by atoms with Crippen molar-refractivity contribution >= 4 is 11.7 Å². The first kappa shape index (κ1) is 13.6. The van der Waals surface area contributed by atoms with Crippen molar-refractivity contribution in [1.82, 2.24) is 0 Å². The summed E-state index contributed by atoms with van der Waals surface area (Å²) in [6.45, 7) is 0.942. The van der Waals surface area contributed by atoms with E-state index in [1.54, 1.807) is 13.0 Å². The number of nitro groups is 1. The second-order valence-electron chi connectivity index (χ2n) is 3.24. The van der Waals surface area contributed by atoms with E-state index in [1.807, 2.05) is 0 Å². The fraction of sp³-hybridized carbons (Fsp3) is 0.273. The maximum atomic E-state index is 11.5. The highest BCUT2D eigenvalue weighted by molar-refractivity contribution is 5.95. The molecule has 0 saturated heterocycles. The molecule has 0 aliphatic carbocycles. The Hall–Kier alpha value is -2.46. The van der Waals surface area contributed by atoms with Crippen LogP contribution >= 0.6 is 0 Å². The molecule has 1 N–H and O–H groups in total. The molecule has 0 aliphatic rings. The number of rotatable bonds is 4. The zero-order valence-electron chi connectivity index (χ0n) is 9.54. The molecule has 0 aromatic heterocycles. The smallest absolute Gasteiger partial charge is 0.345 e. The summed E-state index contributed by atoms with van der Waals surface area (Å²) < 4.78 is 4.68. The normalized spacial score (nSPS) is 9.61. The molecule has 0 atom stereocenters. The minimum atomic E-state index is -0.858. The van der Waals surface area contributed by atoms with E-state index in [0.29, 0.717) is 0 Å². The van der Waals surface area contributed by atoms with E-state index in [9.17, 15) is 14.9 Å². The summed E-state index contributed by atoms with van der Waals surface area (Å²) in [7, 11) is 0. The Bertz CT molecular complexity index is 533. The van der Waals surface area contributed by atoms with Crippen LogP contribution in [-0.2, 0) is 11.3 Å². The lowest BCUT2D eigenvalue weighted by molar-refractivity contribution is -0.386. The molecule has 7 heteroatoms. The number of hydrogen-bond acceptors (Lipinski definition) is 6. The number of carbonyl (C=O) groups is 1. The molecule has 0 saturated carbocycles. The Morgan fingerprint density at radius 1 is 1.61 bits per heavy atom. The van der Waals surface area contributed by atoms with Crippen LogP contribution in [0.25, 0.3) is 0 Å². The molecule has 0 spiro atoms. The topological polar surface area (TPSA) is 113 Å². The molecule has 0 aliphatic heterocycles. The summed E-state index contributed by atoms with van der Waals surface area (Å²) in [5.41, 5.74) is -1.09. The van der Waals surface area contributed by atoms with E-state index in [1.165, 1.54) is 6.07 Å². The zero-order valence-corrected chi connectivity index (χ0v) is 9.54. The molecule has 0 unspecified atom stereocenters. The number of esters is 1. The van der Waals surface area contributed by atoms with Crippen molar-refractivity contribution in [2.24, 2.45) is 0 Å². The van der Waals surface area contributed by atoms with Crippen LogP contribution in [0.1, 0.15) is 28.4 Å². The SMILES string of the molecule is CCOC(=O)c1ccc(C#N)c(CO)c1[N+](=O)[O-]. The number of nitro benzene ring substituents is 1. The van der Waals surface area contributed by atoms with Gasteiger partial charge in [-0.1, -0.05) is 0 Å². The summed E-state index contributed by atoms with van der Waals surface area (Å²) >= 11 is 0. The van der Waals surface area contributed by atoms with E-state index in [4.69, 9.17) is 10.4 Å². The molecule has 1 rings (SSSR count). The molecule has 94 valence electrons. The van der Waals surface area contributed by atoms with Gasteiger partial charge in [-0.2, -0.15) is 5.26 Å². The Balaban J connectivity index is 3.50. The molecule has 18 heavy (non-hydrogen) atoms. The maximum absolute atomic E-state index is 11.5. The Labute approximate surface area is 102 Å². The zero-order chi connectivity index (χ0) is 13.7. The van der Waals surface area contributed by atoms with Crippen molar-refractivity contribution in [2.75, 3.05) is 6.61 Å². The third kappa shape index (κ3) is 2.44. The molecular weight excluding hydrogens is 240 g/mol. The molecule has 0 radical (unpaired) electrons.